The summed E-state index contributed by atoms with van der Waals surface area (Å²) < 4.78 is 26.5. The van der Waals surface area contributed by atoms with Gasteiger partial charge in [-0.1, -0.05) is 50.6 Å². The monoisotopic (exact) mass is 554 g/mol. The van der Waals surface area contributed by atoms with E-state index in [1.165, 1.54) is 96.9 Å². The van der Waals surface area contributed by atoms with Gasteiger partial charge in [-0.2, -0.15) is 0 Å². The normalized spacial score (nSPS) is 16.0. The second-order valence-corrected chi connectivity index (χ2v) is 10.3. The van der Waals surface area contributed by atoms with Gasteiger partial charge in [-0.3, -0.25) is 19.2 Å². The standard InChI is InChI=1S/C31H26N2O6S/c1-6-10-27-28(11-7-2)31(37)33(30(27)36)23-14-18-25(19-15-23)40(38,39)24-16-12-22(13-17-24)32(5)29(35)26(9-4)21(8-3)20-34/h6-20H,1-4H2,5H3/b26-21-,27-10+,28-11+. The Balaban J connectivity index is 1.89. The lowest BCUT2D eigenvalue weighted by Gasteiger charge is -2.19. The van der Waals surface area contributed by atoms with Gasteiger partial charge in [-0.15, -0.1) is 0 Å². The molecule has 2 aromatic rings. The lowest BCUT2D eigenvalue weighted by Crippen LogP contribution is -2.29. The summed E-state index contributed by atoms with van der Waals surface area (Å²) in [7, 11) is -2.50. The molecule has 3 amide bonds. The molecule has 0 bridgehead atoms. The van der Waals surface area contributed by atoms with E-state index in [1.807, 2.05) is 0 Å². The van der Waals surface area contributed by atoms with Crippen molar-refractivity contribution >= 4 is 45.2 Å². The first kappa shape index (κ1) is 29.4. The second kappa shape index (κ2) is 12.1. The van der Waals surface area contributed by atoms with Gasteiger partial charge in [-0.05, 0) is 60.7 Å². The van der Waals surface area contributed by atoms with Crippen molar-refractivity contribution in [3.63, 3.8) is 0 Å². The average Bonchev–Trinajstić information content (AvgIpc) is 3.19. The SMILES string of the molecule is C=C/C=C1/C(=O)N(c2ccc(S(=O)(=O)c3ccc(N(C)C(=O)/C(C=C)=C(/C=C)C=O)cc3)cc2)C(=O)/C1=C/C=C. The fourth-order valence-corrected chi connectivity index (χ4v) is 5.22. The molecule has 9 heteroatoms. The Hall–Kier alpha value is -5.15. The largest absolute Gasteiger partial charge is 0.311 e. The van der Waals surface area contributed by atoms with Crippen molar-refractivity contribution in [2.24, 2.45) is 0 Å². The number of rotatable bonds is 10. The lowest BCUT2D eigenvalue weighted by molar-refractivity contribution is -0.120. The lowest BCUT2D eigenvalue weighted by atomic mass is 10.1. The second-order valence-electron chi connectivity index (χ2n) is 8.33. The van der Waals surface area contributed by atoms with Crippen molar-refractivity contribution in [2.75, 3.05) is 16.8 Å². The van der Waals surface area contributed by atoms with E-state index in [2.05, 4.69) is 26.3 Å². The van der Waals surface area contributed by atoms with E-state index >= 15 is 0 Å². The smallest absolute Gasteiger partial charge is 0.266 e. The highest BCUT2D eigenvalue weighted by Crippen LogP contribution is 2.32. The molecule has 1 fully saturated rings. The van der Waals surface area contributed by atoms with Crippen LogP contribution in [0.4, 0.5) is 11.4 Å². The Morgan fingerprint density at radius 1 is 0.800 bits per heavy atom. The van der Waals surface area contributed by atoms with Gasteiger partial charge in [0.25, 0.3) is 17.7 Å². The fraction of sp³-hybridized carbons (Fsp3) is 0.0323. The van der Waals surface area contributed by atoms with E-state index < -0.39 is 27.6 Å². The zero-order valence-corrected chi connectivity index (χ0v) is 22.6. The molecule has 0 spiro atoms. The number of imide groups is 1. The molecule has 0 N–H and O–H groups in total. The van der Waals surface area contributed by atoms with Crippen LogP contribution in [0, 0.1) is 0 Å². The number of carbonyl (C=O) groups is 4. The van der Waals surface area contributed by atoms with Crippen molar-refractivity contribution in [1.82, 2.24) is 0 Å². The quantitative estimate of drug-likeness (QED) is 0.186. The number of anilines is 2. The molecule has 1 heterocycles. The van der Waals surface area contributed by atoms with Crippen molar-refractivity contribution in [3.8, 4) is 0 Å². The van der Waals surface area contributed by atoms with Crippen LogP contribution in [0.2, 0.25) is 0 Å². The summed E-state index contributed by atoms with van der Waals surface area (Å²) in [5, 5.41) is 0. The Bertz CT molecular complexity index is 1590. The molecule has 0 radical (unpaired) electrons. The molecule has 202 valence electrons. The third-order valence-electron chi connectivity index (χ3n) is 6.06. The van der Waals surface area contributed by atoms with Gasteiger partial charge in [-0.25, -0.2) is 13.3 Å². The van der Waals surface area contributed by atoms with E-state index in [0.717, 1.165) is 4.90 Å². The maximum Gasteiger partial charge on any atom is 0.266 e. The van der Waals surface area contributed by atoms with E-state index in [9.17, 15) is 27.6 Å². The van der Waals surface area contributed by atoms with Crippen LogP contribution in [-0.4, -0.2) is 39.5 Å². The number of amides is 3. The minimum Gasteiger partial charge on any atom is -0.311 e. The maximum atomic E-state index is 13.3. The van der Waals surface area contributed by atoms with E-state index in [-0.39, 0.29) is 37.8 Å². The summed E-state index contributed by atoms with van der Waals surface area (Å²) in [6, 6.07) is 11.0. The Labute approximate surface area is 232 Å². The topological polar surface area (TPSA) is 109 Å². The van der Waals surface area contributed by atoms with Gasteiger partial charge >= 0.3 is 0 Å². The van der Waals surface area contributed by atoms with Crippen LogP contribution < -0.4 is 9.80 Å². The summed E-state index contributed by atoms with van der Waals surface area (Å²) in [6.45, 7) is 14.2. The Morgan fingerprint density at radius 2 is 1.27 bits per heavy atom. The predicted molar refractivity (Wildman–Crippen MR) is 154 cm³/mol. The van der Waals surface area contributed by atoms with Gasteiger partial charge in [0.1, 0.15) is 0 Å². The van der Waals surface area contributed by atoms with Crippen LogP contribution in [0.25, 0.3) is 0 Å². The number of allylic oxidation sites excluding steroid dienone is 6. The first-order valence-electron chi connectivity index (χ1n) is 11.8. The van der Waals surface area contributed by atoms with Crippen molar-refractivity contribution < 1.29 is 27.6 Å². The number of likely N-dealkylation sites (N-methyl/N-ethyl adjacent to an activating group) is 1. The molecule has 1 aliphatic rings. The van der Waals surface area contributed by atoms with Gasteiger partial charge < -0.3 is 4.90 Å². The Morgan fingerprint density at radius 3 is 1.68 bits per heavy atom. The molecule has 0 aromatic heterocycles. The minimum absolute atomic E-state index is 0.0373. The first-order chi connectivity index (χ1) is 19.1. The van der Waals surface area contributed by atoms with Crippen molar-refractivity contribution in [2.45, 2.75) is 9.79 Å². The molecule has 1 saturated heterocycles. The summed E-state index contributed by atoms with van der Waals surface area (Å²) in [4.78, 5) is 52.0. The summed E-state index contributed by atoms with van der Waals surface area (Å²) >= 11 is 0. The summed E-state index contributed by atoms with van der Waals surface area (Å²) in [5.41, 5.74) is 1.02. The zero-order chi connectivity index (χ0) is 29.6. The van der Waals surface area contributed by atoms with Crippen LogP contribution in [0.1, 0.15) is 0 Å². The molecule has 0 atom stereocenters. The van der Waals surface area contributed by atoms with Crippen LogP contribution in [0.3, 0.4) is 0 Å². The highest BCUT2D eigenvalue weighted by molar-refractivity contribution is 7.91. The number of benzene rings is 2. The Kier molecular flexibility index (Phi) is 8.93. The van der Waals surface area contributed by atoms with Crippen LogP contribution in [0.15, 0.2) is 143 Å². The predicted octanol–water partition coefficient (Wildman–Crippen LogP) is 4.45. The van der Waals surface area contributed by atoms with Gasteiger partial charge in [0, 0.05) is 23.9 Å². The summed E-state index contributed by atoms with van der Waals surface area (Å²) in [6.07, 6.45) is 8.66. The molecular formula is C31H26N2O6S. The number of aldehydes is 1. The molecule has 2 aromatic carbocycles. The molecule has 8 nitrogen and oxygen atoms in total. The van der Waals surface area contributed by atoms with Crippen LogP contribution in [0.5, 0.6) is 0 Å². The first-order valence-corrected chi connectivity index (χ1v) is 13.3. The fourth-order valence-electron chi connectivity index (χ4n) is 3.96. The maximum absolute atomic E-state index is 13.3. The number of carbonyl (C=O) groups excluding carboxylic acids is 4. The molecule has 0 unspecified atom stereocenters. The molecule has 0 saturated carbocycles. The number of sulfone groups is 1. The molecule has 40 heavy (non-hydrogen) atoms. The minimum atomic E-state index is -3.98. The molecular weight excluding hydrogens is 528 g/mol. The average molecular weight is 555 g/mol. The van der Waals surface area contributed by atoms with E-state index in [0.29, 0.717) is 12.0 Å². The molecule has 3 rings (SSSR count). The molecule has 1 aliphatic heterocycles. The van der Waals surface area contributed by atoms with Crippen LogP contribution >= 0.6 is 0 Å². The third kappa shape index (κ3) is 5.36. The van der Waals surface area contributed by atoms with Gasteiger partial charge in [0.05, 0.1) is 26.6 Å². The number of hydrogen-bond donors (Lipinski definition) is 0. The highest BCUT2D eigenvalue weighted by atomic mass is 32.2. The number of hydrogen-bond acceptors (Lipinski definition) is 6. The molecule has 0 aliphatic carbocycles. The van der Waals surface area contributed by atoms with Gasteiger partial charge in [0.15, 0.2) is 6.29 Å². The summed E-state index contributed by atoms with van der Waals surface area (Å²) in [5.74, 6) is -1.65. The zero-order valence-electron chi connectivity index (χ0n) is 21.7. The van der Waals surface area contributed by atoms with E-state index in [4.69, 9.17) is 0 Å². The van der Waals surface area contributed by atoms with Gasteiger partial charge in [0.2, 0.25) is 9.84 Å². The van der Waals surface area contributed by atoms with Crippen molar-refractivity contribution in [1.29, 1.82) is 0 Å². The highest BCUT2D eigenvalue weighted by Gasteiger charge is 2.39. The van der Waals surface area contributed by atoms with Crippen molar-refractivity contribution in [3.05, 3.63) is 134 Å². The van der Waals surface area contributed by atoms with E-state index in [1.54, 1.807) is 0 Å². The third-order valence-corrected chi connectivity index (χ3v) is 7.85. The van der Waals surface area contributed by atoms with Crippen LogP contribution in [-0.2, 0) is 29.0 Å². The number of nitrogens with zero attached hydrogens (tertiary/aromatic N) is 2.